The summed E-state index contributed by atoms with van der Waals surface area (Å²) < 4.78 is 0. The molecule has 1 saturated carbocycles. The van der Waals surface area contributed by atoms with E-state index in [-0.39, 0.29) is 0 Å². The highest BCUT2D eigenvalue weighted by molar-refractivity contribution is 5.37. The minimum Gasteiger partial charge on any atom is -0.355 e. The van der Waals surface area contributed by atoms with Gasteiger partial charge in [0.25, 0.3) is 0 Å². The van der Waals surface area contributed by atoms with Crippen LogP contribution in [0, 0.1) is 0 Å². The molecule has 0 radical (unpaired) electrons. The van der Waals surface area contributed by atoms with Crippen LogP contribution in [0.1, 0.15) is 44.7 Å². The van der Waals surface area contributed by atoms with Gasteiger partial charge in [-0.3, -0.25) is 0 Å². The lowest BCUT2D eigenvalue weighted by Gasteiger charge is -2.24. The van der Waals surface area contributed by atoms with Gasteiger partial charge in [-0.2, -0.15) is 5.10 Å². The Balaban J connectivity index is 1.89. The summed E-state index contributed by atoms with van der Waals surface area (Å²) in [5.74, 6) is 1.00. The Kier molecular flexibility index (Phi) is 4.93. The molecule has 0 aromatic carbocycles. The van der Waals surface area contributed by atoms with Crippen LogP contribution in [0.3, 0.4) is 0 Å². The molecule has 100 valence electrons. The minimum atomic E-state index is 0.656. The lowest BCUT2D eigenvalue weighted by Crippen LogP contribution is -2.29. The van der Waals surface area contributed by atoms with Gasteiger partial charge in [-0.1, -0.05) is 19.8 Å². The molecule has 1 heterocycles. The van der Waals surface area contributed by atoms with E-state index in [1.54, 1.807) is 0 Å². The first kappa shape index (κ1) is 13.3. The maximum Gasteiger partial charge on any atom is 0.151 e. The first-order valence-corrected chi connectivity index (χ1v) is 7.07. The van der Waals surface area contributed by atoms with Gasteiger partial charge in [0.2, 0.25) is 0 Å². The second-order valence-electron chi connectivity index (χ2n) is 5.11. The monoisotopic (exact) mass is 248 g/mol. The van der Waals surface area contributed by atoms with Gasteiger partial charge in [0.1, 0.15) is 0 Å². The molecular weight excluding hydrogens is 224 g/mol. The molecule has 0 amide bonds. The summed E-state index contributed by atoms with van der Waals surface area (Å²) in [6, 6.07) is 4.83. The molecule has 0 atom stereocenters. The Morgan fingerprint density at radius 2 is 2.06 bits per heavy atom. The largest absolute Gasteiger partial charge is 0.355 e. The highest BCUT2D eigenvalue weighted by Gasteiger charge is 2.20. The number of nitrogens with one attached hydrogen (secondary N) is 1. The van der Waals surface area contributed by atoms with E-state index in [9.17, 15) is 0 Å². The van der Waals surface area contributed by atoms with Crippen molar-refractivity contribution in [1.82, 2.24) is 15.5 Å². The zero-order valence-corrected chi connectivity index (χ0v) is 11.5. The van der Waals surface area contributed by atoms with Gasteiger partial charge < -0.3 is 10.2 Å². The first-order chi connectivity index (χ1) is 8.81. The second-order valence-corrected chi connectivity index (χ2v) is 5.11. The Hall–Kier alpha value is -1.16. The van der Waals surface area contributed by atoms with Crippen LogP contribution < -0.4 is 10.2 Å². The van der Waals surface area contributed by atoms with Crippen molar-refractivity contribution < 1.29 is 0 Å². The molecule has 2 rings (SSSR count). The average molecular weight is 248 g/mol. The molecule has 1 aliphatic carbocycles. The van der Waals surface area contributed by atoms with Crippen LogP contribution >= 0.6 is 0 Å². The highest BCUT2D eigenvalue weighted by atomic mass is 15.3. The molecule has 1 aromatic heterocycles. The van der Waals surface area contributed by atoms with Crippen LogP contribution in [0.4, 0.5) is 5.82 Å². The zero-order chi connectivity index (χ0) is 12.8. The molecule has 0 unspecified atom stereocenters. The van der Waals surface area contributed by atoms with Crippen molar-refractivity contribution >= 4 is 5.82 Å². The standard InChI is InChI=1S/C14H24N4/c1-3-10-15-11-12-8-9-14(17-16-12)18(2)13-6-4-5-7-13/h8-9,13,15H,3-7,10-11H2,1-2H3. The molecule has 1 fully saturated rings. The maximum absolute atomic E-state index is 4.34. The Bertz CT molecular complexity index is 343. The molecule has 1 aliphatic rings. The molecule has 0 saturated heterocycles. The zero-order valence-electron chi connectivity index (χ0n) is 11.5. The molecular formula is C14H24N4. The number of anilines is 1. The summed E-state index contributed by atoms with van der Waals surface area (Å²) in [6.07, 6.45) is 6.43. The summed E-state index contributed by atoms with van der Waals surface area (Å²) in [6.45, 7) is 4.01. The van der Waals surface area contributed by atoms with Crippen molar-refractivity contribution in [2.24, 2.45) is 0 Å². The molecule has 0 bridgehead atoms. The van der Waals surface area contributed by atoms with Crippen LogP contribution in [0.5, 0.6) is 0 Å². The molecule has 1 aromatic rings. The van der Waals surface area contributed by atoms with E-state index in [0.29, 0.717) is 6.04 Å². The number of nitrogens with zero attached hydrogens (tertiary/aromatic N) is 3. The Labute approximate surface area is 110 Å². The topological polar surface area (TPSA) is 41.0 Å². The van der Waals surface area contributed by atoms with E-state index in [1.807, 2.05) is 0 Å². The van der Waals surface area contributed by atoms with Crippen LogP contribution in [0.2, 0.25) is 0 Å². The van der Waals surface area contributed by atoms with E-state index in [1.165, 1.54) is 25.7 Å². The fraction of sp³-hybridized carbons (Fsp3) is 0.714. The first-order valence-electron chi connectivity index (χ1n) is 7.07. The lowest BCUT2D eigenvalue weighted by atomic mass is 10.2. The number of hydrogen-bond donors (Lipinski definition) is 1. The Morgan fingerprint density at radius 1 is 1.28 bits per heavy atom. The van der Waals surface area contributed by atoms with Gasteiger partial charge in [-0.25, -0.2) is 0 Å². The quantitative estimate of drug-likeness (QED) is 0.785. The van der Waals surface area contributed by atoms with E-state index in [4.69, 9.17) is 0 Å². The van der Waals surface area contributed by atoms with E-state index < -0.39 is 0 Å². The highest BCUT2D eigenvalue weighted by Crippen LogP contribution is 2.25. The SMILES string of the molecule is CCCNCc1ccc(N(C)C2CCCC2)nn1. The molecule has 0 aliphatic heterocycles. The van der Waals surface area contributed by atoms with Crippen molar-refractivity contribution in [2.45, 2.75) is 51.6 Å². The van der Waals surface area contributed by atoms with Crippen molar-refractivity contribution in [3.05, 3.63) is 17.8 Å². The van der Waals surface area contributed by atoms with Crippen LogP contribution in [0.15, 0.2) is 12.1 Å². The third-order valence-electron chi connectivity index (χ3n) is 3.67. The van der Waals surface area contributed by atoms with E-state index in [2.05, 4.69) is 46.5 Å². The smallest absolute Gasteiger partial charge is 0.151 e. The molecule has 18 heavy (non-hydrogen) atoms. The van der Waals surface area contributed by atoms with E-state index in [0.717, 1.165) is 31.0 Å². The van der Waals surface area contributed by atoms with Crippen LogP contribution in [-0.4, -0.2) is 29.8 Å². The normalized spacial score (nSPS) is 16.1. The summed E-state index contributed by atoms with van der Waals surface area (Å²) in [4.78, 5) is 2.28. The number of aromatic nitrogens is 2. The van der Waals surface area contributed by atoms with Crippen molar-refractivity contribution in [1.29, 1.82) is 0 Å². The van der Waals surface area contributed by atoms with Gasteiger partial charge in [-0.15, -0.1) is 5.10 Å². The van der Waals surface area contributed by atoms with Crippen LogP contribution in [0.25, 0.3) is 0 Å². The van der Waals surface area contributed by atoms with E-state index >= 15 is 0 Å². The summed E-state index contributed by atoms with van der Waals surface area (Å²) in [5, 5.41) is 12.0. The fourth-order valence-corrected chi connectivity index (χ4v) is 2.51. The third kappa shape index (κ3) is 3.42. The fourth-order valence-electron chi connectivity index (χ4n) is 2.51. The summed E-state index contributed by atoms with van der Waals surface area (Å²) in [7, 11) is 2.13. The second kappa shape index (κ2) is 6.69. The van der Waals surface area contributed by atoms with Gasteiger partial charge in [0.15, 0.2) is 5.82 Å². The summed E-state index contributed by atoms with van der Waals surface area (Å²) in [5.41, 5.74) is 1.02. The molecule has 1 N–H and O–H groups in total. The van der Waals surface area contributed by atoms with Gasteiger partial charge in [0.05, 0.1) is 5.69 Å². The molecule has 0 spiro atoms. The summed E-state index contributed by atoms with van der Waals surface area (Å²) >= 11 is 0. The van der Waals surface area contributed by atoms with Gasteiger partial charge >= 0.3 is 0 Å². The predicted molar refractivity (Wildman–Crippen MR) is 74.7 cm³/mol. The lowest BCUT2D eigenvalue weighted by molar-refractivity contribution is 0.632. The van der Waals surface area contributed by atoms with Crippen molar-refractivity contribution in [2.75, 3.05) is 18.5 Å². The van der Waals surface area contributed by atoms with Gasteiger partial charge in [-0.05, 0) is 37.9 Å². The predicted octanol–water partition coefficient (Wildman–Crippen LogP) is 2.36. The minimum absolute atomic E-state index is 0.656. The number of hydrogen-bond acceptors (Lipinski definition) is 4. The number of rotatable bonds is 6. The average Bonchev–Trinajstić information content (AvgIpc) is 2.93. The molecule has 4 nitrogen and oxygen atoms in total. The van der Waals surface area contributed by atoms with Crippen molar-refractivity contribution in [3.8, 4) is 0 Å². The Morgan fingerprint density at radius 3 is 2.67 bits per heavy atom. The third-order valence-corrected chi connectivity index (χ3v) is 3.67. The maximum atomic E-state index is 4.34. The molecule has 4 heteroatoms. The van der Waals surface area contributed by atoms with Crippen LogP contribution in [-0.2, 0) is 6.54 Å². The van der Waals surface area contributed by atoms with Gasteiger partial charge in [0, 0.05) is 19.6 Å². The van der Waals surface area contributed by atoms with Crippen molar-refractivity contribution in [3.63, 3.8) is 0 Å².